The fourth-order valence-electron chi connectivity index (χ4n) is 3.03. The predicted molar refractivity (Wildman–Crippen MR) is 75.5 cm³/mol. The molecule has 0 spiro atoms. The van der Waals surface area contributed by atoms with Crippen molar-refractivity contribution in [2.45, 2.75) is 43.8 Å². The summed E-state index contributed by atoms with van der Waals surface area (Å²) in [5.41, 5.74) is 1.23. The maximum atomic E-state index is 9.02. The lowest BCUT2D eigenvalue weighted by Gasteiger charge is -2.22. The lowest BCUT2D eigenvalue weighted by Crippen LogP contribution is -2.35. The first-order valence-corrected chi connectivity index (χ1v) is 7.29. The first-order chi connectivity index (χ1) is 9.36. The Morgan fingerprint density at radius 3 is 2.74 bits per heavy atom. The summed E-state index contributed by atoms with van der Waals surface area (Å²) in [4.78, 5) is 2.60. The molecule has 0 amide bonds. The molecule has 2 unspecified atom stereocenters. The van der Waals surface area contributed by atoms with E-state index in [9.17, 15) is 0 Å². The van der Waals surface area contributed by atoms with E-state index in [0.717, 1.165) is 12.6 Å². The summed E-state index contributed by atoms with van der Waals surface area (Å²) in [6, 6.07) is 14.2. The van der Waals surface area contributed by atoms with Crippen LogP contribution in [-0.4, -0.2) is 30.1 Å². The highest BCUT2D eigenvalue weighted by Gasteiger charge is 2.34. The van der Waals surface area contributed by atoms with E-state index in [1.165, 1.54) is 31.4 Å². The zero-order valence-electron chi connectivity index (χ0n) is 11.3. The zero-order valence-corrected chi connectivity index (χ0v) is 11.3. The molecule has 100 valence electrons. The molecule has 0 bridgehead atoms. The minimum Gasteiger partial charge on any atom is -0.305 e. The third-order valence-corrected chi connectivity index (χ3v) is 4.22. The first-order valence-electron chi connectivity index (χ1n) is 7.29. The molecule has 2 fully saturated rings. The molecule has 3 heteroatoms. The monoisotopic (exact) mass is 255 g/mol. The second-order valence-electron chi connectivity index (χ2n) is 5.70. The zero-order chi connectivity index (χ0) is 13.1. The molecule has 1 aliphatic heterocycles. The van der Waals surface area contributed by atoms with Crippen molar-refractivity contribution in [1.82, 2.24) is 10.2 Å². The number of benzene rings is 1. The molecule has 2 aliphatic rings. The highest BCUT2D eigenvalue weighted by atomic mass is 15.2. The van der Waals surface area contributed by atoms with Crippen LogP contribution in [-0.2, 0) is 0 Å². The van der Waals surface area contributed by atoms with Crippen LogP contribution < -0.4 is 5.32 Å². The van der Waals surface area contributed by atoms with E-state index in [0.29, 0.717) is 12.5 Å². The van der Waals surface area contributed by atoms with Gasteiger partial charge in [0, 0.05) is 31.2 Å². The van der Waals surface area contributed by atoms with Gasteiger partial charge >= 0.3 is 0 Å². The molecule has 0 radical (unpaired) electrons. The summed E-state index contributed by atoms with van der Waals surface area (Å²) in [5.74, 6) is 0. The van der Waals surface area contributed by atoms with Crippen LogP contribution in [0.2, 0.25) is 0 Å². The minimum absolute atomic E-state index is 0.176. The van der Waals surface area contributed by atoms with Crippen LogP contribution in [0, 0.1) is 11.3 Å². The fraction of sp³-hybridized carbons (Fsp3) is 0.562. The third-order valence-electron chi connectivity index (χ3n) is 4.22. The maximum absolute atomic E-state index is 9.02. The smallest absolute Gasteiger partial charge is 0.0641 e. The molecule has 1 aromatic rings. The van der Waals surface area contributed by atoms with Crippen LogP contribution in [0.25, 0.3) is 0 Å². The van der Waals surface area contributed by atoms with Crippen molar-refractivity contribution in [2.24, 2.45) is 0 Å². The van der Waals surface area contributed by atoms with Gasteiger partial charge in [-0.2, -0.15) is 5.26 Å². The van der Waals surface area contributed by atoms with Crippen LogP contribution in [0.4, 0.5) is 0 Å². The van der Waals surface area contributed by atoms with Crippen molar-refractivity contribution < 1.29 is 0 Å². The Morgan fingerprint density at radius 2 is 2.05 bits per heavy atom. The van der Waals surface area contributed by atoms with Gasteiger partial charge < -0.3 is 5.32 Å². The summed E-state index contributed by atoms with van der Waals surface area (Å²) >= 11 is 0. The highest BCUT2D eigenvalue weighted by Crippen LogP contribution is 2.30. The van der Waals surface area contributed by atoms with E-state index < -0.39 is 0 Å². The molecule has 19 heavy (non-hydrogen) atoms. The molecule has 1 aliphatic carbocycles. The van der Waals surface area contributed by atoms with Crippen molar-refractivity contribution in [1.29, 1.82) is 5.26 Å². The van der Waals surface area contributed by atoms with Gasteiger partial charge in [0.15, 0.2) is 0 Å². The first kappa shape index (κ1) is 12.7. The van der Waals surface area contributed by atoms with Gasteiger partial charge in [0.2, 0.25) is 0 Å². The molecular formula is C16H21N3. The number of nitriles is 1. The summed E-state index contributed by atoms with van der Waals surface area (Å²) in [5, 5.41) is 12.7. The second-order valence-corrected chi connectivity index (χ2v) is 5.70. The van der Waals surface area contributed by atoms with E-state index in [2.05, 4.69) is 28.4 Å². The van der Waals surface area contributed by atoms with Gasteiger partial charge in [0.1, 0.15) is 0 Å². The van der Waals surface area contributed by atoms with Crippen molar-refractivity contribution in [2.75, 3.05) is 13.1 Å². The predicted octanol–water partition coefficient (Wildman–Crippen LogP) is 2.47. The quantitative estimate of drug-likeness (QED) is 0.878. The van der Waals surface area contributed by atoms with E-state index in [1.807, 2.05) is 18.2 Å². The second kappa shape index (κ2) is 5.73. The Balaban J connectivity index is 1.60. The molecule has 1 heterocycles. The molecular weight excluding hydrogens is 234 g/mol. The summed E-state index contributed by atoms with van der Waals surface area (Å²) in [6.45, 7) is 2.37. The van der Waals surface area contributed by atoms with E-state index in [-0.39, 0.29) is 6.04 Å². The minimum atomic E-state index is 0.176. The molecule has 1 saturated heterocycles. The van der Waals surface area contributed by atoms with Gasteiger partial charge in [-0.05, 0) is 24.8 Å². The number of nitrogens with one attached hydrogen (secondary N) is 1. The van der Waals surface area contributed by atoms with E-state index >= 15 is 0 Å². The number of rotatable bonds is 5. The number of hydrogen-bond acceptors (Lipinski definition) is 3. The van der Waals surface area contributed by atoms with Crippen molar-refractivity contribution in [3.8, 4) is 6.07 Å². The van der Waals surface area contributed by atoms with Gasteiger partial charge in [-0.25, -0.2) is 0 Å². The standard InChI is InChI=1S/C16H21N3/c17-10-8-16(13-4-2-1-3-5-13)18-14-9-11-19(12-14)15-6-7-15/h1-5,14-16,18H,6-9,11-12H2. The SMILES string of the molecule is N#CCC(NC1CCN(C2CC2)C1)c1ccccc1. The van der Waals surface area contributed by atoms with Gasteiger partial charge in [-0.15, -0.1) is 0 Å². The number of nitrogens with zero attached hydrogens (tertiary/aromatic N) is 2. The molecule has 1 N–H and O–H groups in total. The van der Waals surface area contributed by atoms with Crippen molar-refractivity contribution in [3.05, 3.63) is 35.9 Å². The number of likely N-dealkylation sites (tertiary alicyclic amines) is 1. The van der Waals surface area contributed by atoms with Crippen LogP contribution in [0.1, 0.15) is 37.3 Å². The average Bonchev–Trinajstić information content (AvgIpc) is 3.20. The molecule has 1 saturated carbocycles. The largest absolute Gasteiger partial charge is 0.305 e. The van der Waals surface area contributed by atoms with Gasteiger partial charge in [0.05, 0.1) is 12.5 Å². The van der Waals surface area contributed by atoms with Gasteiger partial charge in [-0.3, -0.25) is 4.90 Å². The maximum Gasteiger partial charge on any atom is 0.0641 e. The normalized spacial score (nSPS) is 25.1. The fourth-order valence-corrected chi connectivity index (χ4v) is 3.03. The van der Waals surface area contributed by atoms with Crippen LogP contribution in [0.15, 0.2) is 30.3 Å². The number of hydrogen-bond donors (Lipinski definition) is 1. The Hall–Kier alpha value is -1.37. The Morgan fingerprint density at radius 1 is 1.26 bits per heavy atom. The van der Waals surface area contributed by atoms with Gasteiger partial charge in [0.25, 0.3) is 0 Å². The third kappa shape index (κ3) is 3.15. The summed E-state index contributed by atoms with van der Waals surface area (Å²) in [7, 11) is 0. The highest BCUT2D eigenvalue weighted by molar-refractivity contribution is 5.20. The average molecular weight is 255 g/mol. The summed E-state index contributed by atoms with van der Waals surface area (Å²) < 4.78 is 0. The Kier molecular flexibility index (Phi) is 3.82. The molecule has 0 aromatic heterocycles. The lowest BCUT2D eigenvalue weighted by molar-refractivity contribution is 0.312. The molecule has 3 rings (SSSR count). The summed E-state index contributed by atoms with van der Waals surface area (Å²) in [6.07, 6.45) is 4.52. The lowest BCUT2D eigenvalue weighted by atomic mass is 10.0. The Labute approximate surface area is 115 Å². The van der Waals surface area contributed by atoms with Crippen LogP contribution in [0.3, 0.4) is 0 Å². The molecule has 3 nitrogen and oxygen atoms in total. The van der Waals surface area contributed by atoms with Crippen molar-refractivity contribution in [3.63, 3.8) is 0 Å². The van der Waals surface area contributed by atoms with Crippen molar-refractivity contribution >= 4 is 0 Å². The van der Waals surface area contributed by atoms with Crippen LogP contribution in [0.5, 0.6) is 0 Å². The van der Waals surface area contributed by atoms with Gasteiger partial charge in [-0.1, -0.05) is 30.3 Å². The molecule has 2 atom stereocenters. The Bertz CT molecular complexity index is 447. The van der Waals surface area contributed by atoms with Crippen LogP contribution >= 0.6 is 0 Å². The van der Waals surface area contributed by atoms with E-state index in [4.69, 9.17) is 5.26 Å². The topological polar surface area (TPSA) is 39.1 Å². The van der Waals surface area contributed by atoms with E-state index in [1.54, 1.807) is 0 Å². The molecule has 1 aromatic carbocycles.